The third kappa shape index (κ3) is 3.22. The zero-order valence-corrected chi connectivity index (χ0v) is 11.8. The Balaban J connectivity index is 2.97. The van der Waals surface area contributed by atoms with Crippen LogP contribution in [0.3, 0.4) is 0 Å². The fourth-order valence-corrected chi connectivity index (χ4v) is 3.49. The molecule has 90 valence electrons. The number of hydrogen-bond acceptors (Lipinski definition) is 3. The third-order valence-corrected chi connectivity index (χ3v) is 5.63. The topological polar surface area (TPSA) is 60.2 Å². The minimum absolute atomic E-state index is 0.0584. The van der Waals surface area contributed by atoms with E-state index in [1.165, 1.54) is 0 Å². The Hall–Kier alpha value is -0.550. The Kier molecular flexibility index (Phi) is 4.38. The molecule has 1 rings (SSSR count). The van der Waals surface area contributed by atoms with E-state index in [0.717, 1.165) is 10.0 Å². The molecule has 3 nitrogen and oxygen atoms in total. The number of halogens is 1. The molecule has 0 bridgehead atoms. The molecule has 0 spiro atoms. The molecule has 2 N–H and O–H groups in total. The Labute approximate surface area is 105 Å². The maximum absolute atomic E-state index is 11.9. The summed E-state index contributed by atoms with van der Waals surface area (Å²) < 4.78 is 24.6. The molecule has 0 aromatic heterocycles. The van der Waals surface area contributed by atoms with Crippen LogP contribution in [0.2, 0.25) is 0 Å². The van der Waals surface area contributed by atoms with Crippen molar-refractivity contribution in [3.8, 4) is 0 Å². The van der Waals surface area contributed by atoms with E-state index in [0.29, 0.717) is 12.1 Å². The van der Waals surface area contributed by atoms with Gasteiger partial charge in [0.2, 0.25) is 0 Å². The molecule has 1 atom stereocenters. The van der Waals surface area contributed by atoms with Gasteiger partial charge in [0.1, 0.15) is 0 Å². The van der Waals surface area contributed by atoms with Gasteiger partial charge in [-0.1, -0.05) is 28.9 Å². The zero-order chi connectivity index (χ0) is 12.3. The number of sulfone groups is 1. The number of rotatable bonds is 4. The summed E-state index contributed by atoms with van der Waals surface area (Å²) in [5.41, 5.74) is 6.98. The van der Waals surface area contributed by atoms with Crippen LogP contribution < -0.4 is 5.73 Å². The van der Waals surface area contributed by atoms with Gasteiger partial charge in [-0.25, -0.2) is 8.42 Å². The van der Waals surface area contributed by atoms with Gasteiger partial charge in [0.15, 0.2) is 9.84 Å². The molecule has 16 heavy (non-hydrogen) atoms. The summed E-state index contributed by atoms with van der Waals surface area (Å²) in [5, 5.41) is -0.308. The van der Waals surface area contributed by atoms with Gasteiger partial charge in [0.05, 0.1) is 11.0 Å². The molecule has 5 heteroatoms. The maximum Gasteiger partial charge on any atom is 0.157 e. The van der Waals surface area contributed by atoms with E-state index < -0.39 is 9.84 Å². The van der Waals surface area contributed by atoms with Gasteiger partial charge in [0, 0.05) is 10.2 Å². The lowest BCUT2D eigenvalue weighted by Crippen LogP contribution is -2.18. The van der Waals surface area contributed by atoms with Crippen LogP contribution in [0.15, 0.2) is 22.7 Å². The Bertz CT molecular complexity index is 471. The van der Waals surface area contributed by atoms with Gasteiger partial charge in [-0.2, -0.15) is 0 Å². The van der Waals surface area contributed by atoms with Crippen LogP contribution in [-0.4, -0.2) is 13.7 Å². The van der Waals surface area contributed by atoms with Gasteiger partial charge in [-0.3, -0.25) is 0 Å². The van der Waals surface area contributed by atoms with Crippen molar-refractivity contribution in [1.29, 1.82) is 0 Å². The first-order chi connectivity index (χ1) is 7.36. The first-order valence-corrected chi connectivity index (χ1v) is 7.63. The van der Waals surface area contributed by atoms with Crippen molar-refractivity contribution in [2.45, 2.75) is 31.3 Å². The molecule has 0 fully saturated rings. The molecule has 1 aromatic rings. The van der Waals surface area contributed by atoms with Gasteiger partial charge in [0.25, 0.3) is 0 Å². The fourth-order valence-electron chi connectivity index (χ4n) is 1.29. The van der Waals surface area contributed by atoms with Gasteiger partial charge < -0.3 is 5.73 Å². The molecule has 0 radical (unpaired) electrons. The maximum atomic E-state index is 11.9. The Morgan fingerprint density at radius 2 is 2.06 bits per heavy atom. The van der Waals surface area contributed by atoms with Crippen molar-refractivity contribution in [3.05, 3.63) is 28.2 Å². The SMILES string of the molecule is CCC(C)S(=O)(=O)Cc1ccc(N)cc1Br. The average molecular weight is 306 g/mol. The molecule has 0 saturated carbocycles. The van der Waals surface area contributed by atoms with Crippen LogP contribution in [0.1, 0.15) is 25.8 Å². The van der Waals surface area contributed by atoms with Crippen molar-refractivity contribution in [2.75, 3.05) is 5.73 Å². The van der Waals surface area contributed by atoms with Gasteiger partial charge in [-0.15, -0.1) is 0 Å². The van der Waals surface area contributed by atoms with Crippen LogP contribution in [0.4, 0.5) is 5.69 Å². The van der Waals surface area contributed by atoms with Crippen LogP contribution in [0.5, 0.6) is 0 Å². The third-order valence-electron chi connectivity index (χ3n) is 2.62. The van der Waals surface area contributed by atoms with Crippen molar-refractivity contribution in [3.63, 3.8) is 0 Å². The van der Waals surface area contributed by atoms with Gasteiger partial charge in [-0.05, 0) is 31.0 Å². The van der Waals surface area contributed by atoms with Crippen molar-refractivity contribution < 1.29 is 8.42 Å². The van der Waals surface area contributed by atoms with Crippen LogP contribution in [0, 0.1) is 0 Å². The zero-order valence-electron chi connectivity index (χ0n) is 9.40. The summed E-state index contributed by atoms with van der Waals surface area (Å²) >= 11 is 3.33. The van der Waals surface area contributed by atoms with E-state index in [1.54, 1.807) is 25.1 Å². The lowest BCUT2D eigenvalue weighted by molar-refractivity contribution is 0.580. The predicted molar refractivity (Wildman–Crippen MR) is 70.9 cm³/mol. The molecular formula is C11H16BrNO2S. The molecule has 0 amide bonds. The molecular weight excluding hydrogens is 290 g/mol. The highest BCUT2D eigenvalue weighted by Crippen LogP contribution is 2.23. The Morgan fingerprint density at radius 3 is 2.56 bits per heavy atom. The molecule has 0 aliphatic heterocycles. The van der Waals surface area contributed by atoms with E-state index >= 15 is 0 Å². The lowest BCUT2D eigenvalue weighted by Gasteiger charge is -2.11. The molecule has 0 heterocycles. The number of anilines is 1. The summed E-state index contributed by atoms with van der Waals surface area (Å²) in [7, 11) is -3.07. The minimum Gasteiger partial charge on any atom is -0.399 e. The van der Waals surface area contributed by atoms with E-state index in [2.05, 4.69) is 15.9 Å². The quantitative estimate of drug-likeness (QED) is 0.870. The number of nitrogens with two attached hydrogens (primary N) is 1. The number of nitrogen functional groups attached to an aromatic ring is 1. The minimum atomic E-state index is -3.07. The molecule has 1 unspecified atom stereocenters. The second-order valence-corrected chi connectivity index (χ2v) is 7.15. The highest BCUT2D eigenvalue weighted by atomic mass is 79.9. The summed E-state index contributed by atoms with van der Waals surface area (Å²) in [4.78, 5) is 0. The second-order valence-electron chi connectivity index (χ2n) is 3.88. The summed E-state index contributed by atoms with van der Waals surface area (Å²) in [6.07, 6.45) is 0.634. The number of benzene rings is 1. The van der Waals surface area contributed by atoms with Crippen LogP contribution in [0.25, 0.3) is 0 Å². The van der Waals surface area contributed by atoms with E-state index in [9.17, 15) is 8.42 Å². The van der Waals surface area contributed by atoms with Crippen LogP contribution in [-0.2, 0) is 15.6 Å². The van der Waals surface area contributed by atoms with E-state index in [-0.39, 0.29) is 11.0 Å². The summed E-state index contributed by atoms with van der Waals surface area (Å²) in [6, 6.07) is 5.19. The summed E-state index contributed by atoms with van der Waals surface area (Å²) in [6.45, 7) is 3.61. The second kappa shape index (κ2) is 5.19. The smallest absolute Gasteiger partial charge is 0.157 e. The van der Waals surface area contributed by atoms with Crippen molar-refractivity contribution >= 4 is 31.5 Å². The predicted octanol–water partition coefficient (Wildman–Crippen LogP) is 2.74. The lowest BCUT2D eigenvalue weighted by atomic mass is 10.2. The molecule has 0 aliphatic carbocycles. The first kappa shape index (κ1) is 13.5. The van der Waals surface area contributed by atoms with Crippen molar-refractivity contribution in [2.24, 2.45) is 0 Å². The molecule has 1 aromatic carbocycles. The van der Waals surface area contributed by atoms with E-state index in [1.807, 2.05) is 6.92 Å². The monoisotopic (exact) mass is 305 g/mol. The Morgan fingerprint density at radius 1 is 1.44 bits per heavy atom. The molecule has 0 aliphatic rings. The standard InChI is InChI=1S/C11H16BrNO2S/c1-3-8(2)16(14,15)7-9-4-5-10(13)6-11(9)12/h4-6,8H,3,7,13H2,1-2H3. The highest BCUT2D eigenvalue weighted by molar-refractivity contribution is 9.10. The molecule has 0 saturated heterocycles. The first-order valence-electron chi connectivity index (χ1n) is 5.12. The summed E-state index contributed by atoms with van der Waals surface area (Å²) in [5.74, 6) is 0.0584. The van der Waals surface area contributed by atoms with E-state index in [4.69, 9.17) is 5.73 Å². The largest absolute Gasteiger partial charge is 0.399 e. The van der Waals surface area contributed by atoms with Crippen LogP contribution >= 0.6 is 15.9 Å². The van der Waals surface area contributed by atoms with Gasteiger partial charge >= 0.3 is 0 Å². The average Bonchev–Trinajstić information content (AvgIpc) is 2.21. The normalized spacial score (nSPS) is 13.7. The van der Waals surface area contributed by atoms with Crippen molar-refractivity contribution in [1.82, 2.24) is 0 Å². The fraction of sp³-hybridized carbons (Fsp3) is 0.455. The number of hydrogen-bond donors (Lipinski definition) is 1. The highest BCUT2D eigenvalue weighted by Gasteiger charge is 2.20.